The lowest BCUT2D eigenvalue weighted by molar-refractivity contribution is -0.147. The van der Waals surface area contributed by atoms with E-state index in [0.29, 0.717) is 12.1 Å². The predicted molar refractivity (Wildman–Crippen MR) is 80.3 cm³/mol. The van der Waals surface area contributed by atoms with Crippen LogP contribution >= 0.6 is 0 Å². The van der Waals surface area contributed by atoms with E-state index in [-0.39, 0.29) is 5.91 Å². The highest BCUT2D eigenvalue weighted by atomic mass is 16.2. The molecule has 3 heteroatoms. The standard InChI is InChI=1S/C17H24N2O/c1-17(2)16(20)19(12-13-8-4-3-5-9-13)15-11-7-6-10-14(15)18-17/h3-5,8-9,14-15,18H,6-7,10-12H2,1-2H3. The summed E-state index contributed by atoms with van der Waals surface area (Å²) in [5.74, 6) is 0.240. The number of carbonyl (C=O) groups excluding carboxylic acids is 1. The quantitative estimate of drug-likeness (QED) is 0.898. The molecule has 1 amide bonds. The van der Waals surface area contributed by atoms with Crippen LogP contribution in [0.4, 0.5) is 0 Å². The van der Waals surface area contributed by atoms with E-state index in [1.165, 1.54) is 24.8 Å². The number of nitrogens with one attached hydrogen (secondary N) is 1. The zero-order valence-electron chi connectivity index (χ0n) is 12.4. The van der Waals surface area contributed by atoms with Crippen molar-refractivity contribution in [3.8, 4) is 0 Å². The summed E-state index contributed by atoms with van der Waals surface area (Å²) < 4.78 is 0. The molecule has 1 saturated heterocycles. The largest absolute Gasteiger partial charge is 0.332 e. The molecule has 1 heterocycles. The number of amides is 1. The Kier molecular flexibility index (Phi) is 3.55. The van der Waals surface area contributed by atoms with Gasteiger partial charge in [0.2, 0.25) is 5.91 Å². The Morgan fingerprint density at radius 2 is 1.90 bits per heavy atom. The van der Waals surface area contributed by atoms with Crippen molar-refractivity contribution >= 4 is 5.91 Å². The van der Waals surface area contributed by atoms with Gasteiger partial charge in [0.15, 0.2) is 0 Å². The number of fused-ring (bicyclic) bond motifs is 1. The van der Waals surface area contributed by atoms with Gasteiger partial charge in [-0.05, 0) is 32.3 Å². The first kappa shape index (κ1) is 13.6. The van der Waals surface area contributed by atoms with Crippen LogP contribution in [0.2, 0.25) is 0 Å². The second-order valence-corrected chi connectivity index (χ2v) is 6.65. The van der Waals surface area contributed by atoms with E-state index < -0.39 is 5.54 Å². The fourth-order valence-corrected chi connectivity index (χ4v) is 3.66. The maximum absolute atomic E-state index is 12.8. The van der Waals surface area contributed by atoms with Crippen LogP contribution in [0.1, 0.15) is 45.1 Å². The number of carbonyl (C=O) groups is 1. The van der Waals surface area contributed by atoms with Crippen molar-refractivity contribution in [3.63, 3.8) is 0 Å². The molecule has 2 atom stereocenters. The van der Waals surface area contributed by atoms with Crippen LogP contribution in [-0.4, -0.2) is 28.4 Å². The Bertz CT molecular complexity index is 483. The van der Waals surface area contributed by atoms with Gasteiger partial charge in [-0.15, -0.1) is 0 Å². The van der Waals surface area contributed by atoms with E-state index in [1.54, 1.807) is 0 Å². The molecule has 0 radical (unpaired) electrons. The van der Waals surface area contributed by atoms with Gasteiger partial charge in [0.25, 0.3) is 0 Å². The third-order valence-electron chi connectivity index (χ3n) is 4.67. The second kappa shape index (κ2) is 5.21. The van der Waals surface area contributed by atoms with Crippen molar-refractivity contribution in [2.24, 2.45) is 0 Å². The summed E-state index contributed by atoms with van der Waals surface area (Å²) in [5.41, 5.74) is 0.788. The molecular formula is C17H24N2O. The van der Waals surface area contributed by atoms with Crippen molar-refractivity contribution in [2.45, 2.75) is 63.7 Å². The molecule has 0 spiro atoms. The first-order chi connectivity index (χ1) is 9.58. The minimum atomic E-state index is -0.437. The van der Waals surface area contributed by atoms with Gasteiger partial charge in [-0.25, -0.2) is 0 Å². The van der Waals surface area contributed by atoms with Crippen LogP contribution in [0.5, 0.6) is 0 Å². The molecule has 1 aliphatic carbocycles. The molecule has 0 bridgehead atoms. The summed E-state index contributed by atoms with van der Waals surface area (Å²) >= 11 is 0. The molecule has 2 aliphatic rings. The summed E-state index contributed by atoms with van der Waals surface area (Å²) in [6.07, 6.45) is 4.83. The topological polar surface area (TPSA) is 32.3 Å². The van der Waals surface area contributed by atoms with Crippen molar-refractivity contribution in [1.29, 1.82) is 0 Å². The van der Waals surface area contributed by atoms with Gasteiger partial charge in [-0.2, -0.15) is 0 Å². The molecule has 1 N–H and O–H groups in total. The average molecular weight is 272 g/mol. The Morgan fingerprint density at radius 3 is 2.65 bits per heavy atom. The molecule has 20 heavy (non-hydrogen) atoms. The molecule has 1 aromatic rings. The van der Waals surface area contributed by atoms with Crippen LogP contribution in [-0.2, 0) is 11.3 Å². The molecule has 3 rings (SSSR count). The monoisotopic (exact) mass is 272 g/mol. The molecule has 2 fully saturated rings. The molecular weight excluding hydrogens is 248 g/mol. The Morgan fingerprint density at radius 1 is 1.20 bits per heavy atom. The highest BCUT2D eigenvalue weighted by Gasteiger charge is 2.45. The number of piperazine rings is 1. The van der Waals surface area contributed by atoms with Gasteiger partial charge < -0.3 is 4.90 Å². The minimum Gasteiger partial charge on any atom is -0.332 e. The second-order valence-electron chi connectivity index (χ2n) is 6.65. The normalized spacial score (nSPS) is 29.1. The summed E-state index contributed by atoms with van der Waals surface area (Å²) in [6, 6.07) is 11.2. The molecule has 1 saturated carbocycles. The summed E-state index contributed by atoms with van der Waals surface area (Å²) in [6.45, 7) is 4.77. The molecule has 108 valence electrons. The first-order valence-electron chi connectivity index (χ1n) is 7.70. The van der Waals surface area contributed by atoms with Crippen LogP contribution in [0.15, 0.2) is 30.3 Å². The van der Waals surface area contributed by atoms with E-state index >= 15 is 0 Å². The van der Waals surface area contributed by atoms with E-state index in [2.05, 4.69) is 22.3 Å². The van der Waals surface area contributed by atoms with Gasteiger partial charge in [0.05, 0.1) is 5.54 Å². The number of hydrogen-bond donors (Lipinski definition) is 1. The Hall–Kier alpha value is -1.35. The molecule has 2 unspecified atom stereocenters. The lowest BCUT2D eigenvalue weighted by Crippen LogP contribution is -2.70. The molecule has 3 nitrogen and oxygen atoms in total. The van der Waals surface area contributed by atoms with Crippen LogP contribution < -0.4 is 5.32 Å². The van der Waals surface area contributed by atoms with E-state index in [9.17, 15) is 4.79 Å². The smallest absolute Gasteiger partial charge is 0.242 e. The van der Waals surface area contributed by atoms with Gasteiger partial charge in [-0.3, -0.25) is 10.1 Å². The summed E-state index contributed by atoms with van der Waals surface area (Å²) in [5, 5.41) is 3.57. The fourth-order valence-electron chi connectivity index (χ4n) is 3.66. The SMILES string of the molecule is CC1(C)NC2CCCCC2N(Cc2ccccc2)C1=O. The summed E-state index contributed by atoms with van der Waals surface area (Å²) in [4.78, 5) is 14.9. The van der Waals surface area contributed by atoms with Crippen molar-refractivity contribution in [3.05, 3.63) is 35.9 Å². The zero-order valence-corrected chi connectivity index (χ0v) is 12.4. The number of benzene rings is 1. The van der Waals surface area contributed by atoms with Gasteiger partial charge in [-0.1, -0.05) is 43.2 Å². The van der Waals surface area contributed by atoms with E-state index in [4.69, 9.17) is 0 Å². The van der Waals surface area contributed by atoms with E-state index in [1.807, 2.05) is 32.0 Å². The lowest BCUT2D eigenvalue weighted by Gasteiger charge is -2.50. The maximum Gasteiger partial charge on any atom is 0.242 e. The highest BCUT2D eigenvalue weighted by molar-refractivity contribution is 5.86. The zero-order chi connectivity index (χ0) is 14.2. The number of rotatable bonds is 2. The minimum absolute atomic E-state index is 0.240. The number of nitrogens with zero attached hydrogens (tertiary/aromatic N) is 1. The third-order valence-corrected chi connectivity index (χ3v) is 4.67. The van der Waals surface area contributed by atoms with Crippen LogP contribution in [0.3, 0.4) is 0 Å². The van der Waals surface area contributed by atoms with Crippen LogP contribution in [0.25, 0.3) is 0 Å². The van der Waals surface area contributed by atoms with Gasteiger partial charge in [0, 0.05) is 18.6 Å². The van der Waals surface area contributed by atoms with Crippen molar-refractivity contribution in [2.75, 3.05) is 0 Å². The van der Waals surface area contributed by atoms with Crippen molar-refractivity contribution < 1.29 is 4.79 Å². The molecule has 1 aromatic carbocycles. The summed E-state index contributed by atoms with van der Waals surface area (Å²) in [7, 11) is 0. The Balaban J connectivity index is 1.86. The van der Waals surface area contributed by atoms with Gasteiger partial charge >= 0.3 is 0 Å². The van der Waals surface area contributed by atoms with Crippen LogP contribution in [0, 0.1) is 0 Å². The fraction of sp³-hybridized carbons (Fsp3) is 0.588. The Labute approximate surface area is 121 Å². The third kappa shape index (κ3) is 2.47. The number of hydrogen-bond acceptors (Lipinski definition) is 2. The predicted octanol–water partition coefficient (Wildman–Crippen LogP) is 2.71. The molecule has 1 aliphatic heterocycles. The first-order valence-corrected chi connectivity index (χ1v) is 7.70. The van der Waals surface area contributed by atoms with Gasteiger partial charge in [0.1, 0.15) is 0 Å². The van der Waals surface area contributed by atoms with Crippen molar-refractivity contribution in [1.82, 2.24) is 10.2 Å². The van der Waals surface area contributed by atoms with E-state index in [0.717, 1.165) is 13.0 Å². The molecule has 0 aromatic heterocycles. The average Bonchev–Trinajstić information content (AvgIpc) is 2.44. The highest BCUT2D eigenvalue weighted by Crippen LogP contribution is 2.31. The lowest BCUT2D eigenvalue weighted by atomic mass is 9.82. The maximum atomic E-state index is 12.8.